The SMILES string of the molecule is CCN(C(=O)O)C(c1cncc(Br)c1C)C(C)(C)C. The number of carboxylic acid groups (broad SMARTS) is 1. The van der Waals surface area contributed by atoms with Crippen LogP contribution in [0.15, 0.2) is 16.9 Å². The lowest BCUT2D eigenvalue weighted by Crippen LogP contribution is -2.40. The van der Waals surface area contributed by atoms with Crippen molar-refractivity contribution in [3.63, 3.8) is 0 Å². The lowest BCUT2D eigenvalue weighted by Gasteiger charge is -2.39. The number of amides is 1. The number of nitrogens with zero attached hydrogens (tertiary/aromatic N) is 2. The highest BCUT2D eigenvalue weighted by molar-refractivity contribution is 9.10. The van der Waals surface area contributed by atoms with E-state index in [1.54, 1.807) is 12.4 Å². The molecule has 1 rings (SSSR count). The molecule has 0 aliphatic carbocycles. The first-order valence-electron chi connectivity index (χ1n) is 6.29. The highest BCUT2D eigenvalue weighted by Crippen LogP contribution is 2.40. The molecule has 1 aromatic heterocycles. The molecular weight excluding hydrogens is 308 g/mol. The van der Waals surface area contributed by atoms with E-state index in [1.165, 1.54) is 4.90 Å². The minimum absolute atomic E-state index is 0.207. The molecule has 0 aliphatic heterocycles. The molecule has 4 nitrogen and oxygen atoms in total. The van der Waals surface area contributed by atoms with Crippen LogP contribution < -0.4 is 0 Å². The van der Waals surface area contributed by atoms with Crippen LogP contribution in [0.5, 0.6) is 0 Å². The lowest BCUT2D eigenvalue weighted by molar-refractivity contribution is 0.0848. The van der Waals surface area contributed by atoms with Gasteiger partial charge in [-0.25, -0.2) is 4.79 Å². The van der Waals surface area contributed by atoms with Gasteiger partial charge in [0.2, 0.25) is 0 Å². The topological polar surface area (TPSA) is 53.4 Å². The molecule has 19 heavy (non-hydrogen) atoms. The van der Waals surface area contributed by atoms with Crippen LogP contribution in [0.25, 0.3) is 0 Å². The zero-order valence-corrected chi connectivity index (χ0v) is 13.7. The highest BCUT2D eigenvalue weighted by atomic mass is 79.9. The summed E-state index contributed by atoms with van der Waals surface area (Å²) in [6, 6.07) is -0.222. The number of hydrogen-bond acceptors (Lipinski definition) is 2. The van der Waals surface area contributed by atoms with Gasteiger partial charge in [-0.05, 0) is 46.3 Å². The standard InChI is InChI=1S/C14H21BrN2O2/c1-6-17(13(18)19)12(14(3,4)5)10-7-16-8-11(15)9(10)2/h7-8,12H,6H2,1-5H3,(H,18,19). The van der Waals surface area contributed by atoms with E-state index in [9.17, 15) is 9.90 Å². The molecule has 0 saturated heterocycles. The van der Waals surface area contributed by atoms with Gasteiger partial charge in [0.15, 0.2) is 0 Å². The van der Waals surface area contributed by atoms with Gasteiger partial charge in [-0.2, -0.15) is 0 Å². The van der Waals surface area contributed by atoms with Gasteiger partial charge >= 0.3 is 6.09 Å². The fraction of sp³-hybridized carbons (Fsp3) is 0.571. The van der Waals surface area contributed by atoms with Crippen molar-refractivity contribution >= 4 is 22.0 Å². The van der Waals surface area contributed by atoms with Crippen molar-refractivity contribution in [1.29, 1.82) is 0 Å². The summed E-state index contributed by atoms with van der Waals surface area (Å²) in [5.41, 5.74) is 1.78. The number of pyridine rings is 1. The first-order valence-corrected chi connectivity index (χ1v) is 7.09. The summed E-state index contributed by atoms with van der Waals surface area (Å²) in [7, 11) is 0. The summed E-state index contributed by atoms with van der Waals surface area (Å²) in [4.78, 5) is 17.1. The molecule has 0 fully saturated rings. The van der Waals surface area contributed by atoms with Crippen LogP contribution in [-0.4, -0.2) is 27.6 Å². The Kier molecular flexibility index (Phi) is 4.96. The van der Waals surface area contributed by atoms with E-state index >= 15 is 0 Å². The van der Waals surface area contributed by atoms with Crippen molar-refractivity contribution in [3.8, 4) is 0 Å². The van der Waals surface area contributed by atoms with Crippen molar-refractivity contribution in [2.24, 2.45) is 5.41 Å². The van der Waals surface area contributed by atoms with E-state index in [-0.39, 0.29) is 11.5 Å². The van der Waals surface area contributed by atoms with Crippen LogP contribution in [0.4, 0.5) is 4.79 Å². The summed E-state index contributed by atoms with van der Waals surface area (Å²) in [5.74, 6) is 0. The van der Waals surface area contributed by atoms with Crippen molar-refractivity contribution in [2.75, 3.05) is 6.54 Å². The highest BCUT2D eigenvalue weighted by Gasteiger charge is 2.35. The molecule has 0 radical (unpaired) electrons. The predicted octanol–water partition coefficient (Wildman–Crippen LogP) is 4.24. The molecule has 1 N–H and O–H groups in total. The minimum atomic E-state index is -0.901. The fourth-order valence-electron chi connectivity index (χ4n) is 2.32. The third-order valence-electron chi connectivity index (χ3n) is 3.21. The number of halogens is 1. The van der Waals surface area contributed by atoms with E-state index in [0.717, 1.165) is 15.6 Å². The molecule has 1 atom stereocenters. The van der Waals surface area contributed by atoms with Gasteiger partial charge in [-0.3, -0.25) is 4.98 Å². The first-order chi connectivity index (χ1) is 8.70. The molecule has 0 aliphatic rings. The summed E-state index contributed by atoms with van der Waals surface area (Å²) >= 11 is 3.46. The maximum atomic E-state index is 11.5. The monoisotopic (exact) mass is 328 g/mol. The Morgan fingerprint density at radius 2 is 2.05 bits per heavy atom. The number of carbonyl (C=O) groups is 1. The normalized spacial score (nSPS) is 13.2. The van der Waals surface area contributed by atoms with Crippen molar-refractivity contribution in [3.05, 3.63) is 28.0 Å². The molecule has 106 valence electrons. The lowest BCUT2D eigenvalue weighted by atomic mass is 9.80. The quantitative estimate of drug-likeness (QED) is 0.902. The van der Waals surface area contributed by atoms with Gasteiger partial charge in [0, 0.05) is 23.4 Å². The molecule has 1 heterocycles. The van der Waals surface area contributed by atoms with E-state index in [4.69, 9.17) is 0 Å². The zero-order valence-electron chi connectivity index (χ0n) is 12.1. The van der Waals surface area contributed by atoms with Crippen LogP contribution in [0, 0.1) is 12.3 Å². The Morgan fingerprint density at radius 1 is 1.47 bits per heavy atom. The molecule has 1 aromatic rings. The third kappa shape index (κ3) is 3.47. The van der Waals surface area contributed by atoms with E-state index < -0.39 is 6.09 Å². The average molecular weight is 329 g/mol. The summed E-state index contributed by atoms with van der Waals surface area (Å²) < 4.78 is 0.903. The zero-order chi connectivity index (χ0) is 14.8. The summed E-state index contributed by atoms with van der Waals surface area (Å²) in [5, 5.41) is 9.42. The second-order valence-electron chi connectivity index (χ2n) is 5.67. The molecule has 0 spiro atoms. The van der Waals surface area contributed by atoms with Crippen LogP contribution in [0.2, 0.25) is 0 Å². The molecular formula is C14H21BrN2O2. The van der Waals surface area contributed by atoms with Gasteiger partial charge in [0.1, 0.15) is 0 Å². The van der Waals surface area contributed by atoms with Gasteiger partial charge in [0.05, 0.1) is 6.04 Å². The molecule has 0 aromatic carbocycles. The summed E-state index contributed by atoms with van der Waals surface area (Å²) in [6.45, 7) is 10.4. The average Bonchev–Trinajstić information content (AvgIpc) is 2.28. The molecule has 1 unspecified atom stereocenters. The smallest absolute Gasteiger partial charge is 0.407 e. The van der Waals surface area contributed by atoms with E-state index in [0.29, 0.717) is 6.54 Å². The van der Waals surface area contributed by atoms with Gasteiger partial charge in [-0.1, -0.05) is 20.8 Å². The second kappa shape index (κ2) is 5.90. The van der Waals surface area contributed by atoms with E-state index in [1.807, 2.05) is 34.6 Å². The van der Waals surface area contributed by atoms with Crippen molar-refractivity contribution in [2.45, 2.75) is 40.7 Å². The van der Waals surface area contributed by atoms with Crippen LogP contribution in [0.3, 0.4) is 0 Å². The molecule has 1 amide bonds. The largest absolute Gasteiger partial charge is 0.465 e. The minimum Gasteiger partial charge on any atom is -0.465 e. The predicted molar refractivity (Wildman–Crippen MR) is 79.3 cm³/mol. The third-order valence-corrected chi connectivity index (χ3v) is 4.01. The molecule has 5 heteroatoms. The molecule has 0 bridgehead atoms. The van der Waals surface area contributed by atoms with Crippen molar-refractivity contribution < 1.29 is 9.90 Å². The van der Waals surface area contributed by atoms with Crippen molar-refractivity contribution in [1.82, 2.24) is 9.88 Å². The van der Waals surface area contributed by atoms with Crippen LogP contribution in [-0.2, 0) is 0 Å². The Labute approximate surface area is 123 Å². The maximum Gasteiger partial charge on any atom is 0.407 e. The number of aromatic nitrogens is 1. The Balaban J connectivity index is 3.40. The first kappa shape index (κ1) is 16.0. The Bertz CT molecular complexity index is 469. The number of hydrogen-bond donors (Lipinski definition) is 1. The Morgan fingerprint density at radius 3 is 2.47 bits per heavy atom. The molecule has 0 saturated carbocycles. The van der Waals surface area contributed by atoms with Gasteiger partial charge < -0.3 is 10.0 Å². The number of rotatable bonds is 3. The Hall–Kier alpha value is -1.10. The second-order valence-corrected chi connectivity index (χ2v) is 6.53. The maximum absolute atomic E-state index is 11.5. The summed E-state index contributed by atoms with van der Waals surface area (Å²) in [6.07, 6.45) is 2.60. The van der Waals surface area contributed by atoms with Crippen LogP contribution in [0.1, 0.15) is 44.9 Å². The van der Waals surface area contributed by atoms with Gasteiger partial charge in [-0.15, -0.1) is 0 Å². The fourth-order valence-corrected chi connectivity index (χ4v) is 2.67. The van der Waals surface area contributed by atoms with Crippen LogP contribution >= 0.6 is 15.9 Å². The van der Waals surface area contributed by atoms with Gasteiger partial charge in [0.25, 0.3) is 0 Å². The van der Waals surface area contributed by atoms with E-state index in [2.05, 4.69) is 20.9 Å².